The van der Waals surface area contributed by atoms with Gasteiger partial charge in [0.1, 0.15) is 10.8 Å². The van der Waals surface area contributed by atoms with Gasteiger partial charge < -0.3 is 0 Å². The van der Waals surface area contributed by atoms with Crippen LogP contribution in [0.1, 0.15) is 18.4 Å². The maximum Gasteiger partial charge on any atom is 0.231 e. The summed E-state index contributed by atoms with van der Waals surface area (Å²) in [6.45, 7) is 0.450. The molecule has 0 aromatic carbocycles. The fourth-order valence-electron chi connectivity index (χ4n) is 3.37. The van der Waals surface area contributed by atoms with Crippen LogP contribution in [0.5, 0.6) is 0 Å². The van der Waals surface area contributed by atoms with Crippen LogP contribution in [-0.4, -0.2) is 32.6 Å². The minimum absolute atomic E-state index is 0.0470. The summed E-state index contributed by atoms with van der Waals surface area (Å²) in [6.07, 6.45) is 6.92. The highest BCUT2D eigenvalue weighted by Crippen LogP contribution is 2.31. The summed E-state index contributed by atoms with van der Waals surface area (Å²) < 4.78 is 14.9. The van der Waals surface area contributed by atoms with E-state index in [2.05, 4.69) is 20.2 Å². The van der Waals surface area contributed by atoms with E-state index >= 15 is 0 Å². The Morgan fingerprint density at radius 1 is 1.26 bits per heavy atom. The highest BCUT2D eigenvalue weighted by molar-refractivity contribution is 6.29. The number of H-pyrrole nitrogens is 1. The van der Waals surface area contributed by atoms with Crippen LogP contribution in [0.3, 0.4) is 0 Å². The molecule has 1 N–H and O–H groups in total. The number of amides is 1. The van der Waals surface area contributed by atoms with Crippen LogP contribution in [0.4, 0.5) is 10.2 Å². The molecular weight excluding hydrogens is 369 g/mol. The molecular formula is C19H17ClFN5O. The predicted molar refractivity (Wildman–Crippen MR) is 99.8 cm³/mol. The van der Waals surface area contributed by atoms with E-state index in [1.807, 2.05) is 6.07 Å². The van der Waals surface area contributed by atoms with Crippen LogP contribution >= 0.6 is 11.6 Å². The SMILES string of the molecule is O=C1[C@H](Cc2ccc(Cl)nc2)CCCN1c1n[nH]c(-c2ccncc2)c1F. The van der Waals surface area contributed by atoms with Crippen molar-refractivity contribution in [2.45, 2.75) is 19.3 Å². The van der Waals surface area contributed by atoms with Crippen molar-refractivity contribution in [3.63, 3.8) is 0 Å². The normalized spacial score (nSPS) is 17.3. The van der Waals surface area contributed by atoms with Gasteiger partial charge in [0.2, 0.25) is 5.91 Å². The molecule has 0 bridgehead atoms. The first-order valence-electron chi connectivity index (χ1n) is 8.69. The second kappa shape index (κ2) is 7.44. The number of hydrogen-bond acceptors (Lipinski definition) is 4. The van der Waals surface area contributed by atoms with Gasteiger partial charge in [-0.2, -0.15) is 5.10 Å². The number of aromatic amines is 1. The second-order valence-electron chi connectivity index (χ2n) is 6.49. The second-order valence-corrected chi connectivity index (χ2v) is 6.88. The van der Waals surface area contributed by atoms with E-state index in [9.17, 15) is 9.18 Å². The predicted octanol–water partition coefficient (Wildman–Crippen LogP) is 3.64. The third-order valence-corrected chi connectivity index (χ3v) is 4.96. The van der Waals surface area contributed by atoms with Crippen molar-refractivity contribution in [3.05, 3.63) is 59.4 Å². The van der Waals surface area contributed by atoms with Gasteiger partial charge in [0, 0.05) is 36.6 Å². The van der Waals surface area contributed by atoms with Crippen molar-refractivity contribution in [1.82, 2.24) is 20.2 Å². The van der Waals surface area contributed by atoms with Crippen LogP contribution < -0.4 is 4.90 Å². The van der Waals surface area contributed by atoms with E-state index in [4.69, 9.17) is 11.6 Å². The Kier molecular flexibility index (Phi) is 4.85. The molecule has 1 amide bonds. The molecule has 1 aliphatic heterocycles. The quantitative estimate of drug-likeness (QED) is 0.696. The molecule has 6 nitrogen and oxygen atoms in total. The number of aromatic nitrogens is 4. The first-order valence-corrected chi connectivity index (χ1v) is 9.07. The molecule has 0 radical (unpaired) electrons. The molecule has 138 valence electrons. The Bertz CT molecular complexity index is 944. The number of carbonyl (C=O) groups is 1. The minimum atomic E-state index is -0.525. The van der Waals surface area contributed by atoms with Gasteiger partial charge in [0.25, 0.3) is 0 Å². The fourth-order valence-corrected chi connectivity index (χ4v) is 3.48. The lowest BCUT2D eigenvalue weighted by Gasteiger charge is -2.30. The largest absolute Gasteiger partial charge is 0.293 e. The lowest BCUT2D eigenvalue weighted by Crippen LogP contribution is -2.42. The average Bonchev–Trinajstić information content (AvgIpc) is 3.07. The van der Waals surface area contributed by atoms with E-state index in [0.717, 1.165) is 18.4 Å². The number of nitrogens with zero attached hydrogens (tertiary/aromatic N) is 4. The summed E-state index contributed by atoms with van der Waals surface area (Å²) in [4.78, 5) is 22.4. The molecule has 0 spiro atoms. The Labute approximate surface area is 160 Å². The van der Waals surface area contributed by atoms with Crippen molar-refractivity contribution in [1.29, 1.82) is 0 Å². The van der Waals surface area contributed by atoms with Crippen LogP contribution in [-0.2, 0) is 11.2 Å². The molecule has 3 aromatic rings. The zero-order chi connectivity index (χ0) is 18.8. The highest BCUT2D eigenvalue weighted by atomic mass is 35.5. The molecule has 27 heavy (non-hydrogen) atoms. The molecule has 8 heteroatoms. The zero-order valence-corrected chi connectivity index (χ0v) is 15.2. The van der Waals surface area contributed by atoms with Crippen LogP contribution in [0, 0.1) is 11.7 Å². The summed E-state index contributed by atoms with van der Waals surface area (Å²) in [7, 11) is 0. The van der Waals surface area contributed by atoms with Gasteiger partial charge in [-0.05, 0) is 43.0 Å². The average molecular weight is 386 g/mol. The van der Waals surface area contributed by atoms with Crippen molar-refractivity contribution >= 4 is 23.3 Å². The van der Waals surface area contributed by atoms with Crippen molar-refractivity contribution < 1.29 is 9.18 Å². The lowest BCUT2D eigenvalue weighted by molar-refractivity contribution is -0.123. The smallest absolute Gasteiger partial charge is 0.231 e. The van der Waals surface area contributed by atoms with E-state index in [1.165, 1.54) is 4.90 Å². The number of nitrogens with one attached hydrogen (secondary N) is 1. The van der Waals surface area contributed by atoms with Crippen LogP contribution in [0.2, 0.25) is 5.15 Å². The van der Waals surface area contributed by atoms with Gasteiger partial charge >= 0.3 is 0 Å². The van der Waals surface area contributed by atoms with Gasteiger partial charge in [-0.3, -0.25) is 19.8 Å². The monoisotopic (exact) mass is 385 g/mol. The van der Waals surface area contributed by atoms with Crippen LogP contribution in [0.25, 0.3) is 11.3 Å². The minimum Gasteiger partial charge on any atom is -0.293 e. The third-order valence-electron chi connectivity index (χ3n) is 4.73. The molecule has 0 saturated carbocycles. The molecule has 4 rings (SSSR count). The third kappa shape index (κ3) is 3.55. The molecule has 1 atom stereocenters. The lowest BCUT2D eigenvalue weighted by atomic mass is 9.91. The molecule has 1 aliphatic rings. The molecule has 1 saturated heterocycles. The summed E-state index contributed by atoms with van der Waals surface area (Å²) in [5.74, 6) is -0.834. The number of pyridine rings is 2. The van der Waals surface area contributed by atoms with Gasteiger partial charge in [-0.1, -0.05) is 17.7 Å². The van der Waals surface area contributed by atoms with Crippen molar-refractivity contribution in [3.8, 4) is 11.3 Å². The first-order chi connectivity index (χ1) is 13.1. The number of piperidine rings is 1. The maximum absolute atomic E-state index is 14.9. The summed E-state index contributed by atoms with van der Waals surface area (Å²) in [5, 5.41) is 7.20. The van der Waals surface area contributed by atoms with Gasteiger partial charge in [0.05, 0.1) is 0 Å². The summed E-state index contributed by atoms with van der Waals surface area (Å²) in [5.41, 5.74) is 1.82. The first kappa shape index (κ1) is 17.6. The van der Waals surface area contributed by atoms with Crippen LogP contribution in [0.15, 0.2) is 42.9 Å². The highest BCUT2D eigenvalue weighted by Gasteiger charge is 2.33. The summed E-state index contributed by atoms with van der Waals surface area (Å²) >= 11 is 5.81. The van der Waals surface area contributed by atoms with E-state index in [-0.39, 0.29) is 23.3 Å². The topological polar surface area (TPSA) is 74.8 Å². The summed E-state index contributed by atoms with van der Waals surface area (Å²) in [6, 6.07) is 6.94. The zero-order valence-electron chi connectivity index (χ0n) is 14.4. The molecule has 0 unspecified atom stereocenters. The number of carbonyl (C=O) groups excluding carboxylic acids is 1. The molecule has 1 fully saturated rings. The van der Waals surface area contributed by atoms with E-state index < -0.39 is 5.82 Å². The standard InChI is InChI=1S/C19H17ClFN5O/c20-15-4-3-12(11-23-15)10-14-2-1-9-26(19(14)27)18-16(21)17(24-25-18)13-5-7-22-8-6-13/h3-8,11,14H,1-2,9-10H2,(H,24,25)/t14-/m0/s1. The maximum atomic E-state index is 14.9. The Hall–Kier alpha value is -2.80. The van der Waals surface area contributed by atoms with Gasteiger partial charge in [-0.15, -0.1) is 0 Å². The van der Waals surface area contributed by atoms with E-state index in [0.29, 0.717) is 23.7 Å². The number of hydrogen-bond donors (Lipinski definition) is 1. The Balaban J connectivity index is 1.56. The Morgan fingerprint density at radius 2 is 2.07 bits per heavy atom. The van der Waals surface area contributed by atoms with Crippen molar-refractivity contribution in [2.75, 3.05) is 11.4 Å². The fraction of sp³-hybridized carbons (Fsp3) is 0.263. The Morgan fingerprint density at radius 3 is 2.81 bits per heavy atom. The van der Waals surface area contributed by atoms with Gasteiger partial charge in [0.15, 0.2) is 11.6 Å². The van der Waals surface area contributed by atoms with Gasteiger partial charge in [-0.25, -0.2) is 9.37 Å². The number of rotatable bonds is 4. The van der Waals surface area contributed by atoms with E-state index in [1.54, 1.807) is 36.8 Å². The number of anilines is 1. The molecule has 3 aromatic heterocycles. The number of halogens is 2. The molecule has 0 aliphatic carbocycles. The van der Waals surface area contributed by atoms with Crippen molar-refractivity contribution in [2.24, 2.45) is 5.92 Å². The molecule has 4 heterocycles.